The lowest BCUT2D eigenvalue weighted by molar-refractivity contribution is -0.143. The predicted molar refractivity (Wildman–Crippen MR) is 84.2 cm³/mol. The molecule has 20 heavy (non-hydrogen) atoms. The van der Waals surface area contributed by atoms with E-state index < -0.39 is 20.1 Å². The van der Waals surface area contributed by atoms with Crippen molar-refractivity contribution in [2.45, 2.75) is 28.0 Å². The second-order valence-corrected chi connectivity index (χ2v) is 10.5. The molecular weight excluding hydrogens is 466 g/mol. The van der Waals surface area contributed by atoms with Gasteiger partial charge in [0.1, 0.15) is 6.61 Å². The third-order valence-corrected chi connectivity index (χ3v) is 3.26. The van der Waals surface area contributed by atoms with Crippen LogP contribution >= 0.6 is 47.8 Å². The second kappa shape index (κ2) is 9.86. The first-order chi connectivity index (χ1) is 9.22. The third-order valence-electron chi connectivity index (χ3n) is 2.18. The number of Topliss-reactive ketones (excluding diaryl/α,β-unsaturated/α-hetero) is 1. The van der Waals surface area contributed by atoms with Crippen LogP contribution in [-0.2, 0) is 23.9 Å². The monoisotopic (exact) mass is 479 g/mol. The van der Waals surface area contributed by atoms with Gasteiger partial charge >= 0.3 is 5.97 Å². The molecule has 0 aromatic rings. The van der Waals surface area contributed by atoms with Crippen molar-refractivity contribution in [3.8, 4) is 0 Å². The molecule has 0 saturated carbocycles. The largest absolute Gasteiger partial charge is 0.466 e. The van der Waals surface area contributed by atoms with Crippen LogP contribution in [0.4, 0.5) is 0 Å². The molecule has 0 aromatic heterocycles. The van der Waals surface area contributed by atoms with E-state index in [0.717, 1.165) is 0 Å². The highest BCUT2D eigenvalue weighted by atomic mass is 80.0. The smallest absolute Gasteiger partial charge is 0.305 e. The molecule has 0 heterocycles. The fourth-order valence-corrected chi connectivity index (χ4v) is 1.64. The van der Waals surface area contributed by atoms with Crippen LogP contribution in [0.25, 0.3) is 0 Å². The molecule has 0 aromatic carbocycles. The number of hydrogen-bond donors (Lipinski definition) is 1. The van der Waals surface area contributed by atoms with Gasteiger partial charge in [-0.2, -0.15) is 0 Å². The van der Waals surface area contributed by atoms with Crippen molar-refractivity contribution in [1.82, 2.24) is 5.32 Å². The number of carbonyl (C=O) groups is 3. The van der Waals surface area contributed by atoms with Crippen LogP contribution in [0.1, 0.15) is 19.8 Å². The van der Waals surface area contributed by atoms with Crippen LogP contribution in [0, 0.1) is 0 Å². The van der Waals surface area contributed by atoms with E-state index in [-0.39, 0.29) is 31.8 Å². The molecule has 0 aliphatic heterocycles. The molecule has 0 spiro atoms. The van der Waals surface area contributed by atoms with E-state index in [4.69, 9.17) is 9.47 Å². The summed E-state index contributed by atoms with van der Waals surface area (Å²) >= 11 is 9.16. The SMILES string of the molecule is CCOC(=O)CCC(NC(=O)C(Br)(Br)Br)C(=O)COC. The zero-order chi connectivity index (χ0) is 15.8. The minimum Gasteiger partial charge on any atom is -0.466 e. The lowest BCUT2D eigenvalue weighted by Gasteiger charge is -2.20. The minimum absolute atomic E-state index is 0.0358. The number of nitrogens with one attached hydrogen (secondary N) is 1. The molecule has 1 unspecified atom stereocenters. The first kappa shape index (κ1) is 20.0. The molecule has 6 nitrogen and oxygen atoms in total. The van der Waals surface area contributed by atoms with Crippen molar-refractivity contribution in [3.63, 3.8) is 0 Å². The molecule has 0 aliphatic rings. The maximum atomic E-state index is 11.8. The van der Waals surface area contributed by atoms with Gasteiger partial charge in [0.05, 0.1) is 12.6 Å². The Bertz CT molecular complexity index is 356. The van der Waals surface area contributed by atoms with Crippen LogP contribution in [-0.4, -0.2) is 46.2 Å². The van der Waals surface area contributed by atoms with Crippen LogP contribution in [0.5, 0.6) is 0 Å². The molecule has 0 bridgehead atoms. The number of methoxy groups -OCH3 is 1. The van der Waals surface area contributed by atoms with Gasteiger partial charge in [-0.1, -0.05) is 0 Å². The van der Waals surface area contributed by atoms with Gasteiger partial charge in [0.25, 0.3) is 5.91 Å². The number of halogens is 3. The van der Waals surface area contributed by atoms with Gasteiger partial charge in [-0.25, -0.2) is 0 Å². The van der Waals surface area contributed by atoms with Gasteiger partial charge in [-0.3, -0.25) is 14.4 Å². The summed E-state index contributed by atoms with van der Waals surface area (Å²) in [6, 6.07) is -0.820. The average Bonchev–Trinajstić information content (AvgIpc) is 2.33. The molecule has 1 atom stereocenters. The Morgan fingerprint density at radius 2 is 1.85 bits per heavy atom. The summed E-state index contributed by atoms with van der Waals surface area (Å²) in [5.41, 5.74) is 0. The van der Waals surface area contributed by atoms with Crippen LogP contribution in [0.2, 0.25) is 0 Å². The summed E-state index contributed by atoms with van der Waals surface area (Å²) in [5.74, 6) is -1.22. The molecule has 116 valence electrons. The Balaban J connectivity index is 4.61. The predicted octanol–water partition coefficient (Wildman–Crippen LogP) is 1.87. The van der Waals surface area contributed by atoms with Crippen LogP contribution in [0.3, 0.4) is 0 Å². The van der Waals surface area contributed by atoms with E-state index in [9.17, 15) is 14.4 Å². The Morgan fingerprint density at radius 3 is 2.30 bits per heavy atom. The summed E-state index contributed by atoms with van der Waals surface area (Å²) < 4.78 is 8.37. The highest BCUT2D eigenvalue weighted by Gasteiger charge is 2.32. The van der Waals surface area contributed by atoms with Gasteiger partial charge in [0.2, 0.25) is 2.14 Å². The van der Waals surface area contributed by atoms with E-state index in [2.05, 4.69) is 53.1 Å². The fraction of sp³-hybridized carbons (Fsp3) is 0.727. The number of amides is 1. The third kappa shape index (κ3) is 8.33. The number of esters is 1. The number of rotatable bonds is 8. The Kier molecular flexibility index (Phi) is 9.86. The second-order valence-electron chi connectivity index (χ2n) is 3.77. The number of ether oxygens (including phenoxy) is 2. The van der Waals surface area contributed by atoms with Gasteiger partial charge in [0, 0.05) is 13.5 Å². The van der Waals surface area contributed by atoms with Crippen LogP contribution < -0.4 is 5.32 Å². The quantitative estimate of drug-likeness (QED) is 0.423. The number of hydrogen-bond acceptors (Lipinski definition) is 5. The van der Waals surface area contributed by atoms with Crippen molar-refractivity contribution in [2.24, 2.45) is 0 Å². The van der Waals surface area contributed by atoms with Crippen molar-refractivity contribution in [2.75, 3.05) is 20.3 Å². The lowest BCUT2D eigenvalue weighted by atomic mass is 10.1. The minimum atomic E-state index is -1.16. The van der Waals surface area contributed by atoms with E-state index in [0.29, 0.717) is 0 Å². The lowest BCUT2D eigenvalue weighted by Crippen LogP contribution is -2.46. The summed E-state index contributed by atoms with van der Waals surface area (Å²) in [7, 11) is 1.38. The summed E-state index contributed by atoms with van der Waals surface area (Å²) in [6.07, 6.45) is 0.184. The topological polar surface area (TPSA) is 81.7 Å². The first-order valence-electron chi connectivity index (χ1n) is 5.77. The molecule has 9 heteroatoms. The maximum absolute atomic E-state index is 11.8. The molecule has 0 radical (unpaired) electrons. The highest BCUT2D eigenvalue weighted by Crippen LogP contribution is 2.33. The van der Waals surface area contributed by atoms with Gasteiger partial charge in [0.15, 0.2) is 5.78 Å². The standard InChI is InChI=1S/C11H16Br3NO5/c1-3-20-9(17)5-4-7(8(16)6-19-2)15-10(18)11(12,13)14/h7H,3-6H2,1-2H3,(H,15,18). The van der Waals surface area contributed by atoms with Crippen molar-refractivity contribution < 1.29 is 23.9 Å². The van der Waals surface area contributed by atoms with Gasteiger partial charge in [-0.15, -0.1) is 0 Å². The molecule has 1 N–H and O–H groups in total. The van der Waals surface area contributed by atoms with E-state index >= 15 is 0 Å². The maximum Gasteiger partial charge on any atom is 0.305 e. The molecular formula is C11H16Br3NO5. The number of alkyl halides is 3. The van der Waals surface area contributed by atoms with Crippen molar-refractivity contribution >= 4 is 65.4 Å². The van der Waals surface area contributed by atoms with Gasteiger partial charge in [-0.05, 0) is 61.1 Å². The molecule has 1 amide bonds. The Morgan fingerprint density at radius 1 is 1.25 bits per heavy atom. The summed E-state index contributed by atoms with van der Waals surface area (Å²) in [6.45, 7) is 1.82. The molecule has 0 saturated heterocycles. The van der Waals surface area contributed by atoms with E-state index in [1.807, 2.05) is 0 Å². The van der Waals surface area contributed by atoms with E-state index in [1.54, 1.807) is 6.92 Å². The zero-order valence-corrected chi connectivity index (χ0v) is 15.8. The zero-order valence-electron chi connectivity index (χ0n) is 11.1. The molecule has 0 fully saturated rings. The van der Waals surface area contributed by atoms with Crippen molar-refractivity contribution in [3.05, 3.63) is 0 Å². The molecule has 0 rings (SSSR count). The Labute approximate surface area is 142 Å². The van der Waals surface area contributed by atoms with E-state index in [1.165, 1.54) is 7.11 Å². The average molecular weight is 482 g/mol. The highest BCUT2D eigenvalue weighted by molar-refractivity contribution is 9.40. The number of ketones is 1. The normalized spacial score (nSPS) is 12.7. The summed E-state index contributed by atoms with van der Waals surface area (Å²) in [5, 5.41) is 2.52. The first-order valence-corrected chi connectivity index (χ1v) is 8.15. The van der Waals surface area contributed by atoms with Crippen LogP contribution in [0.15, 0.2) is 0 Å². The summed E-state index contributed by atoms with van der Waals surface area (Å²) in [4.78, 5) is 34.9. The molecule has 0 aliphatic carbocycles. The Hall–Kier alpha value is 0.01000. The number of carbonyl (C=O) groups excluding carboxylic acids is 3. The fourth-order valence-electron chi connectivity index (χ4n) is 1.29. The van der Waals surface area contributed by atoms with Crippen molar-refractivity contribution in [1.29, 1.82) is 0 Å². The van der Waals surface area contributed by atoms with Gasteiger partial charge < -0.3 is 14.8 Å².